The molecule has 1 rings (SSSR count). The van der Waals surface area contributed by atoms with Gasteiger partial charge in [0, 0.05) is 6.20 Å². The van der Waals surface area contributed by atoms with Crippen LogP contribution in [0.4, 0.5) is 0 Å². The molecule has 0 spiro atoms. The zero-order chi connectivity index (χ0) is 9.90. The molecule has 0 unspecified atom stereocenters. The molecule has 0 saturated heterocycles. The molecule has 6 heteroatoms. The molecule has 1 aromatic rings. The number of halogens is 1. The van der Waals surface area contributed by atoms with Crippen LogP contribution in [0.2, 0.25) is 0 Å². The molecule has 0 bridgehead atoms. The van der Waals surface area contributed by atoms with Crippen molar-refractivity contribution in [2.45, 2.75) is 0 Å². The molecule has 0 aromatic carbocycles. The molecule has 0 atom stereocenters. The van der Waals surface area contributed by atoms with E-state index in [2.05, 4.69) is 20.9 Å². The van der Waals surface area contributed by atoms with Crippen molar-refractivity contribution in [2.24, 2.45) is 0 Å². The third-order valence-electron chi connectivity index (χ3n) is 1.18. The first-order valence-electron chi connectivity index (χ1n) is 3.24. The van der Waals surface area contributed by atoms with E-state index in [0.717, 1.165) is 0 Å². The largest absolute Gasteiger partial charge is 0.287 e. The topological polar surface area (TPSA) is 67.3 Å². The number of nitrogens with zero attached hydrogens (tertiary/aromatic N) is 1. The summed E-state index contributed by atoms with van der Waals surface area (Å²) in [6.07, 6.45) is 2.74. The predicted molar refractivity (Wildman–Crippen MR) is 52.5 cm³/mol. The fraction of sp³-hybridized carbons (Fsp3) is 0. The molecule has 0 radical (unpaired) electrons. The molecule has 0 amide bonds. The van der Waals surface area contributed by atoms with Crippen molar-refractivity contribution in [3.63, 3.8) is 0 Å². The van der Waals surface area contributed by atoms with Crippen LogP contribution in [0.25, 0.3) is 6.08 Å². The maximum absolute atomic E-state index is 10.3. The molecular formula is C7H6BrNO3S. The zero-order valence-corrected chi connectivity index (χ0v) is 8.79. The Hall–Kier alpha value is -0.720. The summed E-state index contributed by atoms with van der Waals surface area (Å²) in [7, 11) is -4.05. The second-order valence-electron chi connectivity index (χ2n) is 2.23. The van der Waals surface area contributed by atoms with Crippen molar-refractivity contribution in [1.29, 1.82) is 0 Å². The predicted octanol–water partition coefficient (Wildman–Crippen LogP) is 1.70. The minimum Gasteiger partial charge on any atom is -0.282 e. The van der Waals surface area contributed by atoms with E-state index in [1.165, 1.54) is 12.3 Å². The molecular weight excluding hydrogens is 258 g/mol. The van der Waals surface area contributed by atoms with Crippen LogP contribution in [0.5, 0.6) is 0 Å². The third kappa shape index (κ3) is 4.16. The van der Waals surface area contributed by atoms with E-state index in [0.29, 0.717) is 15.6 Å². The van der Waals surface area contributed by atoms with Crippen molar-refractivity contribution >= 4 is 32.1 Å². The zero-order valence-electron chi connectivity index (χ0n) is 6.38. The SMILES string of the molecule is O=S(=O)(O)/C=C/c1ccc(Br)nc1. The van der Waals surface area contributed by atoms with Crippen LogP contribution in [0, 0.1) is 0 Å². The minimum atomic E-state index is -4.05. The van der Waals surface area contributed by atoms with E-state index in [1.54, 1.807) is 12.1 Å². The summed E-state index contributed by atoms with van der Waals surface area (Å²) in [6, 6.07) is 3.34. The second kappa shape index (κ2) is 3.99. The smallest absolute Gasteiger partial charge is 0.282 e. The standard InChI is InChI=1S/C7H6BrNO3S/c8-7-2-1-6(5-9-7)3-4-13(10,11)12/h1-5H,(H,10,11,12)/b4-3+. The highest BCUT2D eigenvalue weighted by molar-refractivity contribution is 9.10. The van der Waals surface area contributed by atoms with E-state index in [4.69, 9.17) is 4.55 Å². The van der Waals surface area contributed by atoms with Gasteiger partial charge in [0.15, 0.2) is 0 Å². The van der Waals surface area contributed by atoms with Crippen molar-refractivity contribution in [3.8, 4) is 0 Å². The first-order valence-corrected chi connectivity index (χ1v) is 5.54. The van der Waals surface area contributed by atoms with Crippen LogP contribution < -0.4 is 0 Å². The van der Waals surface area contributed by atoms with Crippen molar-refractivity contribution in [2.75, 3.05) is 0 Å². The Balaban J connectivity index is 2.88. The molecule has 0 aliphatic rings. The van der Waals surface area contributed by atoms with Gasteiger partial charge < -0.3 is 0 Å². The summed E-state index contributed by atoms with van der Waals surface area (Å²) in [5.41, 5.74) is 0.598. The highest BCUT2D eigenvalue weighted by atomic mass is 79.9. The summed E-state index contributed by atoms with van der Waals surface area (Å²) < 4.78 is 29.7. The second-order valence-corrected chi connectivity index (χ2v) is 4.35. The number of hydrogen-bond acceptors (Lipinski definition) is 3. The molecule has 0 fully saturated rings. The fourth-order valence-corrected chi connectivity index (χ4v) is 1.21. The summed E-state index contributed by atoms with van der Waals surface area (Å²) in [4.78, 5) is 3.87. The molecule has 1 heterocycles. The van der Waals surface area contributed by atoms with Crippen LogP contribution in [0.3, 0.4) is 0 Å². The van der Waals surface area contributed by atoms with Crippen LogP contribution in [-0.4, -0.2) is 18.0 Å². The summed E-state index contributed by atoms with van der Waals surface area (Å²) in [5.74, 6) is 0. The van der Waals surface area contributed by atoms with Crippen molar-refractivity contribution in [3.05, 3.63) is 33.9 Å². The lowest BCUT2D eigenvalue weighted by atomic mass is 10.3. The van der Waals surface area contributed by atoms with Crippen LogP contribution in [0.1, 0.15) is 5.56 Å². The van der Waals surface area contributed by atoms with Gasteiger partial charge in [0.05, 0.1) is 5.41 Å². The first-order chi connectivity index (χ1) is 5.97. The lowest BCUT2D eigenvalue weighted by Crippen LogP contribution is -1.89. The maximum atomic E-state index is 10.3. The number of rotatable bonds is 2. The highest BCUT2D eigenvalue weighted by Crippen LogP contribution is 2.07. The van der Waals surface area contributed by atoms with Crippen LogP contribution in [0.15, 0.2) is 28.3 Å². The average Bonchev–Trinajstić information content (AvgIpc) is 2.02. The van der Waals surface area contributed by atoms with Gasteiger partial charge in [-0.2, -0.15) is 8.42 Å². The van der Waals surface area contributed by atoms with E-state index in [-0.39, 0.29) is 0 Å². The normalized spacial score (nSPS) is 12.2. The Labute approximate surface area is 84.2 Å². The van der Waals surface area contributed by atoms with Gasteiger partial charge in [-0.05, 0) is 33.6 Å². The van der Waals surface area contributed by atoms with Crippen LogP contribution in [-0.2, 0) is 10.1 Å². The number of hydrogen-bond donors (Lipinski definition) is 1. The van der Waals surface area contributed by atoms with E-state index in [1.807, 2.05) is 0 Å². The Bertz CT molecular complexity index is 410. The quantitative estimate of drug-likeness (QED) is 0.652. The molecule has 1 N–H and O–H groups in total. The van der Waals surface area contributed by atoms with Gasteiger partial charge in [0.25, 0.3) is 10.1 Å². The Kier molecular flexibility index (Phi) is 3.18. The van der Waals surface area contributed by atoms with Gasteiger partial charge in [0.1, 0.15) is 4.60 Å². The molecule has 0 saturated carbocycles. The Morgan fingerprint density at radius 1 is 1.46 bits per heavy atom. The molecule has 13 heavy (non-hydrogen) atoms. The van der Waals surface area contributed by atoms with Crippen molar-refractivity contribution in [1.82, 2.24) is 4.98 Å². The van der Waals surface area contributed by atoms with Gasteiger partial charge in [-0.1, -0.05) is 6.07 Å². The first kappa shape index (κ1) is 10.4. The Morgan fingerprint density at radius 3 is 2.62 bits per heavy atom. The monoisotopic (exact) mass is 263 g/mol. The van der Waals surface area contributed by atoms with Crippen molar-refractivity contribution < 1.29 is 13.0 Å². The molecule has 0 aliphatic carbocycles. The minimum absolute atomic E-state index is 0.598. The summed E-state index contributed by atoms with van der Waals surface area (Å²) in [6.45, 7) is 0. The average molecular weight is 264 g/mol. The van der Waals surface area contributed by atoms with Gasteiger partial charge >= 0.3 is 0 Å². The fourth-order valence-electron chi connectivity index (χ4n) is 0.650. The van der Waals surface area contributed by atoms with Gasteiger partial charge in [-0.25, -0.2) is 4.98 Å². The van der Waals surface area contributed by atoms with Gasteiger partial charge in [0.2, 0.25) is 0 Å². The number of aromatic nitrogens is 1. The van der Waals surface area contributed by atoms with E-state index in [9.17, 15) is 8.42 Å². The lowest BCUT2D eigenvalue weighted by molar-refractivity contribution is 0.494. The van der Waals surface area contributed by atoms with Gasteiger partial charge in [-0.3, -0.25) is 4.55 Å². The van der Waals surface area contributed by atoms with Crippen LogP contribution >= 0.6 is 15.9 Å². The van der Waals surface area contributed by atoms with E-state index >= 15 is 0 Å². The van der Waals surface area contributed by atoms with E-state index < -0.39 is 10.1 Å². The summed E-state index contributed by atoms with van der Waals surface area (Å²) in [5, 5.41) is 0.706. The molecule has 0 aliphatic heterocycles. The third-order valence-corrected chi connectivity index (χ3v) is 2.13. The summed E-state index contributed by atoms with van der Waals surface area (Å²) >= 11 is 3.13. The molecule has 70 valence electrons. The lowest BCUT2D eigenvalue weighted by Gasteiger charge is -1.91. The number of pyridine rings is 1. The molecule has 4 nitrogen and oxygen atoms in total. The Morgan fingerprint density at radius 2 is 2.15 bits per heavy atom. The molecule has 1 aromatic heterocycles. The van der Waals surface area contributed by atoms with Gasteiger partial charge in [-0.15, -0.1) is 0 Å². The maximum Gasteiger partial charge on any atom is 0.287 e. The highest BCUT2D eigenvalue weighted by Gasteiger charge is 1.95.